The molecule has 0 saturated carbocycles. The number of amides is 1. The lowest BCUT2D eigenvalue weighted by atomic mass is 10.1. The average Bonchev–Trinajstić information content (AvgIpc) is 2.09. The predicted octanol–water partition coefficient (Wildman–Crippen LogP) is 3.89. The van der Waals surface area contributed by atoms with Crippen LogP contribution in [0.15, 0.2) is 0 Å². The summed E-state index contributed by atoms with van der Waals surface area (Å²) in [6.45, 7) is 20.8. The smallest absolute Gasteiger partial charge is 0.305 e. The van der Waals surface area contributed by atoms with Crippen LogP contribution in [0.3, 0.4) is 0 Å². The Labute approximate surface area is 133 Å². The summed E-state index contributed by atoms with van der Waals surface area (Å²) in [7, 11) is -5.61. The van der Waals surface area contributed by atoms with Crippen molar-refractivity contribution in [3.05, 3.63) is 0 Å². The quantitative estimate of drug-likeness (QED) is 0.541. The third-order valence-electron chi connectivity index (χ3n) is 2.96. The van der Waals surface area contributed by atoms with Gasteiger partial charge in [0.25, 0.3) is 0 Å². The van der Waals surface area contributed by atoms with Gasteiger partial charge in [-0.2, -0.15) is 0 Å². The van der Waals surface area contributed by atoms with Gasteiger partial charge in [-0.1, -0.05) is 46.2 Å². The minimum Gasteiger partial charge on any atom is -0.519 e. The molecule has 0 N–H and O–H groups in total. The highest BCUT2D eigenvalue weighted by molar-refractivity contribution is 6.92. The molecule has 0 aliphatic rings. The molecule has 0 aromatic rings. The van der Waals surface area contributed by atoms with Gasteiger partial charge in [0.2, 0.25) is 14.2 Å². The van der Waals surface area contributed by atoms with Gasteiger partial charge in [0.05, 0.1) is 0 Å². The molecule has 0 fully saturated rings. The van der Waals surface area contributed by atoms with Crippen LogP contribution in [0.1, 0.15) is 13.3 Å². The number of rotatable bonds is 6. The fraction of sp³-hybridized carbons (Fsp3) is 0.857. The standard InChI is InChI=1S/C14H33NO3Si3/c1-11-12(14(17)18-21(8,9)10)13(16)15(19(2,3)4)20(5,6)7/h12H,11H2,1-10H3. The van der Waals surface area contributed by atoms with E-state index < -0.39 is 30.7 Å². The van der Waals surface area contributed by atoms with Crippen LogP contribution < -0.4 is 0 Å². The second-order valence-corrected chi connectivity index (χ2v) is 23.0. The summed E-state index contributed by atoms with van der Waals surface area (Å²) in [6, 6.07) is 0. The van der Waals surface area contributed by atoms with E-state index in [0.717, 1.165) is 0 Å². The van der Waals surface area contributed by atoms with E-state index in [4.69, 9.17) is 4.43 Å². The van der Waals surface area contributed by atoms with Gasteiger partial charge in [0, 0.05) is 0 Å². The van der Waals surface area contributed by atoms with Crippen molar-refractivity contribution in [3.8, 4) is 0 Å². The Hall–Kier alpha value is -0.409. The molecule has 0 saturated heterocycles. The third kappa shape index (κ3) is 6.48. The Morgan fingerprint density at radius 1 is 0.905 bits per heavy atom. The minimum atomic E-state index is -1.97. The lowest BCUT2D eigenvalue weighted by Gasteiger charge is -2.45. The zero-order valence-corrected chi connectivity index (χ0v) is 18.5. The van der Waals surface area contributed by atoms with Crippen LogP contribution in [0.2, 0.25) is 58.9 Å². The maximum atomic E-state index is 13.0. The van der Waals surface area contributed by atoms with Crippen LogP contribution >= 0.6 is 0 Å². The number of nitrogens with zero attached hydrogens (tertiary/aromatic N) is 1. The van der Waals surface area contributed by atoms with Gasteiger partial charge in [-0.3, -0.25) is 9.59 Å². The lowest BCUT2D eigenvalue weighted by Crippen LogP contribution is -2.63. The Bertz CT molecular complexity index is 378. The lowest BCUT2D eigenvalue weighted by molar-refractivity contribution is -0.146. The molecular weight excluding hydrogens is 314 g/mol. The first-order chi connectivity index (χ1) is 9.11. The van der Waals surface area contributed by atoms with Crippen molar-refractivity contribution in [2.45, 2.75) is 72.3 Å². The van der Waals surface area contributed by atoms with Crippen LogP contribution in [-0.4, -0.2) is 40.9 Å². The molecule has 1 unspecified atom stereocenters. The number of hydrogen-bond donors (Lipinski definition) is 0. The van der Waals surface area contributed by atoms with E-state index in [1.165, 1.54) is 0 Å². The van der Waals surface area contributed by atoms with E-state index in [1.54, 1.807) is 0 Å². The summed E-state index contributed by atoms with van der Waals surface area (Å²) in [4.78, 5) is 25.4. The van der Waals surface area contributed by atoms with Crippen molar-refractivity contribution < 1.29 is 14.0 Å². The van der Waals surface area contributed by atoms with Gasteiger partial charge >= 0.3 is 5.97 Å². The van der Waals surface area contributed by atoms with Crippen molar-refractivity contribution >= 4 is 36.7 Å². The number of hydrogen-bond acceptors (Lipinski definition) is 3. The van der Waals surface area contributed by atoms with Crippen molar-refractivity contribution in [3.63, 3.8) is 0 Å². The first-order valence-corrected chi connectivity index (χ1v) is 18.0. The molecule has 0 aromatic heterocycles. The SMILES string of the molecule is CCC(C(=O)O[Si](C)(C)C)C(=O)N([Si](C)(C)C)[Si](C)(C)C. The highest BCUT2D eigenvalue weighted by Crippen LogP contribution is 2.25. The zero-order chi connectivity index (χ0) is 17.2. The van der Waals surface area contributed by atoms with Crippen molar-refractivity contribution in [2.75, 3.05) is 0 Å². The summed E-state index contributed by atoms with van der Waals surface area (Å²) in [5.74, 6) is -0.988. The van der Waals surface area contributed by atoms with Gasteiger partial charge in [-0.25, -0.2) is 0 Å². The molecular formula is C14H33NO3Si3. The van der Waals surface area contributed by atoms with Gasteiger partial charge in [0.15, 0.2) is 0 Å². The largest absolute Gasteiger partial charge is 0.519 e. The molecule has 7 heteroatoms. The van der Waals surface area contributed by atoms with E-state index in [0.29, 0.717) is 6.42 Å². The molecule has 0 aliphatic heterocycles. The van der Waals surface area contributed by atoms with E-state index in [9.17, 15) is 9.59 Å². The molecule has 0 radical (unpaired) electrons. The summed E-state index contributed by atoms with van der Waals surface area (Å²) < 4.78 is 7.65. The number of carbonyl (C=O) groups excluding carboxylic acids is 2. The summed E-state index contributed by atoms with van der Waals surface area (Å²) in [6.07, 6.45) is 0.508. The number of carbonyl (C=O) groups is 2. The van der Waals surface area contributed by atoms with Crippen molar-refractivity contribution in [2.24, 2.45) is 5.92 Å². The molecule has 0 rings (SSSR count). The van der Waals surface area contributed by atoms with Crippen LogP contribution in [0.5, 0.6) is 0 Å². The summed E-state index contributed by atoms with van der Waals surface area (Å²) in [5, 5.41) is 0. The summed E-state index contributed by atoms with van der Waals surface area (Å²) >= 11 is 0. The topological polar surface area (TPSA) is 46.6 Å². The second-order valence-electron chi connectivity index (χ2n) is 8.51. The Morgan fingerprint density at radius 2 is 1.29 bits per heavy atom. The Morgan fingerprint density at radius 3 is 1.52 bits per heavy atom. The van der Waals surface area contributed by atoms with Crippen LogP contribution in [0.25, 0.3) is 0 Å². The predicted molar refractivity (Wildman–Crippen MR) is 96.8 cm³/mol. The van der Waals surface area contributed by atoms with E-state index in [-0.39, 0.29) is 11.9 Å². The fourth-order valence-corrected chi connectivity index (χ4v) is 13.1. The van der Waals surface area contributed by atoms with E-state index in [2.05, 4.69) is 43.5 Å². The maximum Gasteiger partial charge on any atom is 0.305 e. The van der Waals surface area contributed by atoms with Gasteiger partial charge in [-0.15, -0.1) is 0 Å². The van der Waals surface area contributed by atoms with Crippen LogP contribution in [-0.2, 0) is 14.0 Å². The monoisotopic (exact) mass is 347 g/mol. The zero-order valence-electron chi connectivity index (χ0n) is 15.5. The molecule has 1 atom stereocenters. The van der Waals surface area contributed by atoms with Crippen LogP contribution in [0.4, 0.5) is 0 Å². The van der Waals surface area contributed by atoms with Gasteiger partial charge in [-0.05, 0) is 26.1 Å². The molecule has 4 nitrogen and oxygen atoms in total. The fourth-order valence-electron chi connectivity index (χ4n) is 2.64. The molecule has 0 aromatic carbocycles. The highest BCUT2D eigenvalue weighted by Gasteiger charge is 2.43. The molecule has 124 valence electrons. The first kappa shape index (κ1) is 20.6. The minimum absolute atomic E-state index is 0.0147. The average molecular weight is 348 g/mol. The molecule has 0 bridgehead atoms. The molecule has 1 amide bonds. The van der Waals surface area contributed by atoms with Crippen molar-refractivity contribution in [1.82, 2.24) is 4.23 Å². The first-order valence-electron chi connectivity index (χ1n) is 7.68. The molecule has 0 aliphatic carbocycles. The molecule has 0 heterocycles. The second kappa shape index (κ2) is 6.78. The van der Waals surface area contributed by atoms with Gasteiger partial charge < -0.3 is 8.66 Å². The Balaban J connectivity index is 5.45. The van der Waals surface area contributed by atoms with Crippen LogP contribution in [0, 0.1) is 5.92 Å². The van der Waals surface area contributed by atoms with Crippen molar-refractivity contribution in [1.29, 1.82) is 0 Å². The Kier molecular flexibility index (Phi) is 6.65. The van der Waals surface area contributed by atoms with E-state index in [1.807, 2.05) is 26.6 Å². The summed E-state index contributed by atoms with van der Waals surface area (Å²) in [5.41, 5.74) is 0. The normalized spacial score (nSPS) is 14.6. The molecule has 0 spiro atoms. The highest BCUT2D eigenvalue weighted by atomic mass is 28.4. The third-order valence-corrected chi connectivity index (χ3v) is 10.9. The van der Waals surface area contributed by atoms with Gasteiger partial charge in [0.1, 0.15) is 22.4 Å². The maximum absolute atomic E-state index is 13.0. The molecule has 21 heavy (non-hydrogen) atoms. The van der Waals surface area contributed by atoms with E-state index >= 15 is 0 Å².